The first kappa shape index (κ1) is 22.3. The van der Waals surface area contributed by atoms with Gasteiger partial charge in [-0.3, -0.25) is 4.79 Å². The highest BCUT2D eigenvalue weighted by Gasteiger charge is 2.29. The van der Waals surface area contributed by atoms with Crippen molar-refractivity contribution in [2.75, 3.05) is 11.9 Å². The molecule has 2 aromatic rings. The number of halogens is 3. The average molecular weight is 412 g/mol. The summed E-state index contributed by atoms with van der Waals surface area (Å²) in [5, 5.41) is 2.54. The average Bonchev–Trinajstić information content (AvgIpc) is 2.88. The van der Waals surface area contributed by atoms with Gasteiger partial charge in [-0.05, 0) is 57.9 Å². The second-order valence-electron chi connectivity index (χ2n) is 6.94. The molecule has 0 radical (unpaired) electrons. The highest BCUT2D eigenvalue weighted by atomic mass is 19.4. The number of aryl methyl sites for hydroxylation is 2. The molecule has 2 N–H and O–H groups in total. The van der Waals surface area contributed by atoms with Gasteiger partial charge in [-0.25, -0.2) is 4.79 Å². The van der Waals surface area contributed by atoms with Crippen LogP contribution in [0.1, 0.15) is 51.5 Å². The molecule has 0 spiro atoms. The predicted molar refractivity (Wildman–Crippen MR) is 102 cm³/mol. The van der Waals surface area contributed by atoms with Crippen LogP contribution in [0.5, 0.6) is 5.75 Å². The minimum absolute atomic E-state index is 0.0859. The molecule has 0 fully saturated rings. The molecule has 0 atom stereocenters. The Hall–Kier alpha value is -2.97. The maximum atomic E-state index is 12.7. The summed E-state index contributed by atoms with van der Waals surface area (Å²) in [6.45, 7) is 6.85. The number of nitrogens with one attached hydrogen (secondary N) is 2. The first-order chi connectivity index (χ1) is 13.4. The van der Waals surface area contributed by atoms with Crippen molar-refractivity contribution < 1.29 is 32.2 Å². The summed E-state index contributed by atoms with van der Waals surface area (Å²) < 4.78 is 47.5. The molecule has 6 nitrogen and oxygen atoms in total. The first-order valence-electron chi connectivity index (χ1n) is 8.90. The van der Waals surface area contributed by atoms with E-state index in [1.165, 1.54) is 12.1 Å². The number of amides is 1. The lowest BCUT2D eigenvalue weighted by molar-refractivity contribution is -0.153. The third-order valence-electron chi connectivity index (χ3n) is 3.99. The summed E-state index contributed by atoms with van der Waals surface area (Å²) >= 11 is 0. The van der Waals surface area contributed by atoms with Crippen LogP contribution in [-0.2, 0) is 4.74 Å². The number of aromatic amines is 1. The summed E-state index contributed by atoms with van der Waals surface area (Å²) in [5.41, 5.74) is 1.96. The Morgan fingerprint density at radius 2 is 1.83 bits per heavy atom. The fourth-order valence-corrected chi connectivity index (χ4v) is 2.75. The number of aromatic nitrogens is 1. The topological polar surface area (TPSA) is 80.4 Å². The molecule has 1 heterocycles. The number of H-pyrrole nitrogens is 1. The van der Waals surface area contributed by atoms with Crippen LogP contribution in [0.3, 0.4) is 0 Å². The molecule has 0 saturated heterocycles. The molecule has 0 unspecified atom stereocenters. The minimum atomic E-state index is -4.51. The van der Waals surface area contributed by atoms with Crippen LogP contribution in [0.25, 0.3) is 0 Å². The Balaban J connectivity index is 2.28. The number of anilines is 1. The fraction of sp³-hybridized carbons (Fsp3) is 0.400. The van der Waals surface area contributed by atoms with Gasteiger partial charge in [0.1, 0.15) is 11.4 Å². The molecule has 0 saturated carbocycles. The van der Waals surface area contributed by atoms with Gasteiger partial charge >= 0.3 is 12.1 Å². The molecule has 9 heteroatoms. The molecule has 29 heavy (non-hydrogen) atoms. The predicted octanol–water partition coefficient (Wildman–Crippen LogP) is 4.70. The SMILES string of the molecule is Cc1ccc(NC(=O)c2[nH]c(C)c(C(=O)OC(C)C)c2C)c(OCC(F)(F)F)c1. The normalized spacial score (nSPS) is 11.5. The molecule has 2 rings (SSSR count). The van der Waals surface area contributed by atoms with Crippen molar-refractivity contribution in [2.45, 2.75) is 46.9 Å². The molecule has 1 aromatic carbocycles. The van der Waals surface area contributed by atoms with E-state index in [2.05, 4.69) is 10.3 Å². The summed E-state index contributed by atoms with van der Waals surface area (Å²) in [7, 11) is 0. The first-order valence-corrected chi connectivity index (χ1v) is 8.90. The molecule has 0 aliphatic rings. The third-order valence-corrected chi connectivity index (χ3v) is 3.99. The zero-order chi connectivity index (χ0) is 21.9. The van der Waals surface area contributed by atoms with Gasteiger partial charge in [0.25, 0.3) is 5.91 Å². The lowest BCUT2D eigenvalue weighted by atomic mass is 10.1. The zero-order valence-corrected chi connectivity index (χ0v) is 16.8. The van der Waals surface area contributed by atoms with Gasteiger partial charge in [-0.15, -0.1) is 0 Å². The Kier molecular flexibility index (Phi) is 6.61. The van der Waals surface area contributed by atoms with Crippen LogP contribution in [-0.4, -0.2) is 35.7 Å². The van der Waals surface area contributed by atoms with E-state index in [0.29, 0.717) is 16.8 Å². The van der Waals surface area contributed by atoms with E-state index >= 15 is 0 Å². The van der Waals surface area contributed by atoms with Crippen LogP contribution in [0.4, 0.5) is 18.9 Å². The number of alkyl halides is 3. The van der Waals surface area contributed by atoms with Gasteiger partial charge in [0.15, 0.2) is 6.61 Å². The molecule has 0 aliphatic carbocycles. The summed E-state index contributed by atoms with van der Waals surface area (Å²) in [5.74, 6) is -1.28. The van der Waals surface area contributed by atoms with Crippen molar-refractivity contribution in [3.8, 4) is 5.75 Å². The number of carbonyl (C=O) groups excluding carboxylic acids is 2. The third kappa shape index (κ3) is 5.75. The standard InChI is InChI=1S/C20H23F3N2O4/c1-10(2)29-19(27)16-12(4)17(24-13(16)5)18(26)25-14-7-6-11(3)8-15(14)28-9-20(21,22)23/h6-8,10,24H,9H2,1-5H3,(H,25,26). The van der Waals surface area contributed by atoms with Crippen molar-refractivity contribution in [3.05, 3.63) is 46.3 Å². The lowest BCUT2D eigenvalue weighted by Crippen LogP contribution is -2.21. The summed E-state index contributed by atoms with van der Waals surface area (Å²) in [6.07, 6.45) is -4.83. The largest absolute Gasteiger partial charge is 0.482 e. The number of benzene rings is 1. The van der Waals surface area contributed by atoms with Crippen LogP contribution in [0.2, 0.25) is 0 Å². The van der Waals surface area contributed by atoms with Crippen LogP contribution in [0.15, 0.2) is 18.2 Å². The summed E-state index contributed by atoms with van der Waals surface area (Å²) in [4.78, 5) is 27.8. The van der Waals surface area contributed by atoms with Crippen LogP contribution in [0, 0.1) is 20.8 Å². The van der Waals surface area contributed by atoms with Crippen molar-refractivity contribution in [2.24, 2.45) is 0 Å². The van der Waals surface area contributed by atoms with Gasteiger partial charge in [0.05, 0.1) is 17.4 Å². The number of esters is 1. The van der Waals surface area contributed by atoms with E-state index in [-0.39, 0.29) is 28.8 Å². The van der Waals surface area contributed by atoms with Crippen LogP contribution < -0.4 is 10.1 Å². The Morgan fingerprint density at radius 1 is 1.17 bits per heavy atom. The molecular formula is C20H23F3N2O4. The van der Waals surface area contributed by atoms with Crippen molar-refractivity contribution in [1.29, 1.82) is 0 Å². The molecule has 158 valence electrons. The Labute approximate surface area is 166 Å². The van der Waals surface area contributed by atoms with E-state index in [1.807, 2.05) is 0 Å². The number of carbonyl (C=O) groups is 2. The molecule has 1 aromatic heterocycles. The summed E-state index contributed by atoms with van der Waals surface area (Å²) in [6, 6.07) is 4.49. The van der Waals surface area contributed by atoms with E-state index in [4.69, 9.17) is 9.47 Å². The Morgan fingerprint density at radius 3 is 2.41 bits per heavy atom. The monoisotopic (exact) mass is 412 g/mol. The quantitative estimate of drug-likeness (QED) is 0.674. The van der Waals surface area contributed by atoms with Crippen molar-refractivity contribution >= 4 is 17.6 Å². The van der Waals surface area contributed by atoms with E-state index in [0.717, 1.165) is 0 Å². The van der Waals surface area contributed by atoms with Crippen LogP contribution >= 0.6 is 0 Å². The van der Waals surface area contributed by atoms with E-state index in [1.54, 1.807) is 40.7 Å². The second kappa shape index (κ2) is 8.59. The maximum Gasteiger partial charge on any atom is 0.422 e. The minimum Gasteiger partial charge on any atom is -0.482 e. The number of hydrogen-bond donors (Lipinski definition) is 2. The van der Waals surface area contributed by atoms with Gasteiger partial charge in [0.2, 0.25) is 0 Å². The van der Waals surface area contributed by atoms with Crippen molar-refractivity contribution in [1.82, 2.24) is 4.98 Å². The second-order valence-corrected chi connectivity index (χ2v) is 6.94. The van der Waals surface area contributed by atoms with E-state index < -0.39 is 24.7 Å². The smallest absolute Gasteiger partial charge is 0.422 e. The molecule has 1 amide bonds. The lowest BCUT2D eigenvalue weighted by Gasteiger charge is -2.14. The fourth-order valence-electron chi connectivity index (χ4n) is 2.75. The molecular weight excluding hydrogens is 389 g/mol. The molecule has 0 aliphatic heterocycles. The van der Waals surface area contributed by atoms with E-state index in [9.17, 15) is 22.8 Å². The van der Waals surface area contributed by atoms with Gasteiger partial charge in [0, 0.05) is 5.69 Å². The van der Waals surface area contributed by atoms with Gasteiger partial charge < -0.3 is 19.8 Å². The van der Waals surface area contributed by atoms with Gasteiger partial charge in [-0.2, -0.15) is 13.2 Å². The number of rotatable bonds is 6. The van der Waals surface area contributed by atoms with Crippen molar-refractivity contribution in [3.63, 3.8) is 0 Å². The number of ether oxygens (including phenoxy) is 2. The zero-order valence-electron chi connectivity index (χ0n) is 16.8. The molecule has 0 bridgehead atoms. The highest BCUT2D eigenvalue weighted by molar-refractivity contribution is 6.07. The maximum absolute atomic E-state index is 12.7. The number of hydrogen-bond acceptors (Lipinski definition) is 4. The van der Waals surface area contributed by atoms with Gasteiger partial charge in [-0.1, -0.05) is 6.07 Å². The highest BCUT2D eigenvalue weighted by Crippen LogP contribution is 2.29. The Bertz CT molecular complexity index is 917.